The van der Waals surface area contributed by atoms with Crippen molar-refractivity contribution in [2.75, 3.05) is 0 Å². The van der Waals surface area contributed by atoms with Crippen LogP contribution >= 0.6 is 0 Å². The third-order valence-corrected chi connectivity index (χ3v) is 4.50. The van der Waals surface area contributed by atoms with E-state index in [9.17, 15) is 0 Å². The Morgan fingerprint density at radius 3 is 2.71 bits per heavy atom. The van der Waals surface area contributed by atoms with Crippen molar-refractivity contribution in [1.82, 2.24) is 15.1 Å². The van der Waals surface area contributed by atoms with Crippen LogP contribution in [0.5, 0.6) is 0 Å². The standard InChI is InChI=1S/C18H25N3/c1-15-7-5-6-8-16(15)13-19-14-17-11-12-21(20-17)18-9-3-2-4-10-18/h5-8,11-12,18-19H,2-4,9-10,13-14H2,1H3. The summed E-state index contributed by atoms with van der Waals surface area (Å²) in [5.41, 5.74) is 3.86. The molecule has 1 fully saturated rings. The highest BCUT2D eigenvalue weighted by molar-refractivity contribution is 5.25. The fourth-order valence-electron chi connectivity index (χ4n) is 3.15. The van der Waals surface area contributed by atoms with Gasteiger partial charge in [-0.2, -0.15) is 5.10 Å². The topological polar surface area (TPSA) is 29.9 Å². The molecule has 0 spiro atoms. The van der Waals surface area contributed by atoms with E-state index in [2.05, 4.69) is 53.5 Å². The summed E-state index contributed by atoms with van der Waals surface area (Å²) in [4.78, 5) is 0. The molecule has 1 saturated carbocycles. The first kappa shape index (κ1) is 14.3. The first-order valence-corrected chi connectivity index (χ1v) is 8.12. The Morgan fingerprint density at radius 1 is 1.10 bits per heavy atom. The second kappa shape index (κ2) is 6.90. The van der Waals surface area contributed by atoms with E-state index in [-0.39, 0.29) is 0 Å². The zero-order chi connectivity index (χ0) is 14.5. The van der Waals surface area contributed by atoms with E-state index in [0.717, 1.165) is 18.8 Å². The van der Waals surface area contributed by atoms with Gasteiger partial charge in [0.15, 0.2) is 0 Å². The van der Waals surface area contributed by atoms with E-state index in [1.54, 1.807) is 0 Å². The minimum Gasteiger partial charge on any atom is -0.307 e. The molecule has 3 rings (SSSR count). The lowest BCUT2D eigenvalue weighted by molar-refractivity contribution is 0.327. The molecule has 1 aromatic heterocycles. The fraction of sp³-hybridized carbons (Fsp3) is 0.500. The van der Waals surface area contributed by atoms with Gasteiger partial charge in [-0.3, -0.25) is 4.68 Å². The van der Waals surface area contributed by atoms with E-state index >= 15 is 0 Å². The van der Waals surface area contributed by atoms with Gasteiger partial charge in [-0.1, -0.05) is 43.5 Å². The highest BCUT2D eigenvalue weighted by Crippen LogP contribution is 2.27. The fourth-order valence-corrected chi connectivity index (χ4v) is 3.15. The van der Waals surface area contributed by atoms with Crippen molar-refractivity contribution in [3.05, 3.63) is 53.3 Å². The molecule has 3 nitrogen and oxygen atoms in total. The van der Waals surface area contributed by atoms with Crippen LogP contribution in [0.25, 0.3) is 0 Å². The van der Waals surface area contributed by atoms with Crippen LogP contribution in [0, 0.1) is 6.92 Å². The molecule has 0 amide bonds. The van der Waals surface area contributed by atoms with Gasteiger partial charge in [0.2, 0.25) is 0 Å². The van der Waals surface area contributed by atoms with Gasteiger partial charge in [-0.25, -0.2) is 0 Å². The van der Waals surface area contributed by atoms with Gasteiger partial charge < -0.3 is 5.32 Å². The first-order valence-electron chi connectivity index (χ1n) is 8.12. The van der Waals surface area contributed by atoms with Crippen LogP contribution in [0.15, 0.2) is 36.5 Å². The third-order valence-electron chi connectivity index (χ3n) is 4.50. The summed E-state index contributed by atoms with van der Waals surface area (Å²) in [6.07, 6.45) is 8.83. The lowest BCUT2D eigenvalue weighted by Crippen LogP contribution is -2.16. The van der Waals surface area contributed by atoms with Crippen LogP contribution in [0.3, 0.4) is 0 Å². The average Bonchev–Trinajstić information content (AvgIpc) is 2.99. The van der Waals surface area contributed by atoms with Crippen LogP contribution in [0.2, 0.25) is 0 Å². The quantitative estimate of drug-likeness (QED) is 0.899. The maximum Gasteiger partial charge on any atom is 0.0762 e. The maximum absolute atomic E-state index is 4.74. The molecule has 1 aromatic carbocycles. The van der Waals surface area contributed by atoms with Crippen molar-refractivity contribution in [3.8, 4) is 0 Å². The van der Waals surface area contributed by atoms with Crippen molar-refractivity contribution in [3.63, 3.8) is 0 Å². The van der Waals surface area contributed by atoms with Gasteiger partial charge in [0.05, 0.1) is 11.7 Å². The number of aryl methyl sites for hydroxylation is 1. The highest BCUT2D eigenvalue weighted by Gasteiger charge is 2.15. The Balaban J connectivity index is 1.52. The monoisotopic (exact) mass is 283 g/mol. The van der Waals surface area contributed by atoms with Crippen LogP contribution in [-0.4, -0.2) is 9.78 Å². The molecule has 1 heterocycles. The predicted octanol–water partition coefficient (Wildman–Crippen LogP) is 3.99. The first-order chi connectivity index (χ1) is 10.3. The van der Waals surface area contributed by atoms with Crippen molar-refractivity contribution >= 4 is 0 Å². The Morgan fingerprint density at radius 2 is 1.90 bits per heavy atom. The summed E-state index contributed by atoms with van der Waals surface area (Å²) in [7, 11) is 0. The summed E-state index contributed by atoms with van der Waals surface area (Å²) < 4.78 is 2.18. The SMILES string of the molecule is Cc1ccccc1CNCc1ccn(C2CCCCC2)n1. The second-order valence-electron chi connectivity index (χ2n) is 6.11. The summed E-state index contributed by atoms with van der Waals surface area (Å²) in [5, 5.41) is 8.24. The molecule has 3 heteroatoms. The molecule has 0 bridgehead atoms. The number of hydrogen-bond donors (Lipinski definition) is 1. The van der Waals surface area contributed by atoms with Crippen molar-refractivity contribution in [1.29, 1.82) is 0 Å². The normalized spacial score (nSPS) is 16.2. The molecule has 0 atom stereocenters. The lowest BCUT2D eigenvalue weighted by Gasteiger charge is -2.21. The second-order valence-corrected chi connectivity index (χ2v) is 6.11. The van der Waals surface area contributed by atoms with Gasteiger partial charge in [0.1, 0.15) is 0 Å². The van der Waals surface area contributed by atoms with Crippen molar-refractivity contribution < 1.29 is 0 Å². The Kier molecular flexibility index (Phi) is 4.71. The highest BCUT2D eigenvalue weighted by atomic mass is 15.3. The molecule has 0 unspecified atom stereocenters. The Hall–Kier alpha value is -1.61. The van der Waals surface area contributed by atoms with Gasteiger partial charge in [-0.15, -0.1) is 0 Å². The molecule has 21 heavy (non-hydrogen) atoms. The minimum absolute atomic E-state index is 0.629. The van der Waals surface area contributed by atoms with E-state index in [1.807, 2.05) is 0 Å². The molecule has 1 aliphatic carbocycles. The van der Waals surface area contributed by atoms with Crippen LogP contribution < -0.4 is 5.32 Å². The molecule has 0 radical (unpaired) electrons. The largest absolute Gasteiger partial charge is 0.307 e. The number of aromatic nitrogens is 2. The van der Waals surface area contributed by atoms with E-state index in [1.165, 1.54) is 43.2 Å². The minimum atomic E-state index is 0.629. The van der Waals surface area contributed by atoms with E-state index in [0.29, 0.717) is 6.04 Å². The maximum atomic E-state index is 4.74. The molecular formula is C18H25N3. The van der Waals surface area contributed by atoms with E-state index in [4.69, 9.17) is 5.10 Å². The van der Waals surface area contributed by atoms with Gasteiger partial charge in [-0.05, 0) is 37.0 Å². The number of nitrogens with one attached hydrogen (secondary N) is 1. The number of hydrogen-bond acceptors (Lipinski definition) is 2. The molecule has 0 aliphatic heterocycles. The smallest absolute Gasteiger partial charge is 0.0762 e. The summed E-state index contributed by atoms with van der Waals surface area (Å²) in [6.45, 7) is 3.91. The molecule has 112 valence electrons. The number of nitrogens with zero attached hydrogens (tertiary/aromatic N) is 2. The number of rotatable bonds is 5. The zero-order valence-electron chi connectivity index (χ0n) is 12.9. The summed E-state index contributed by atoms with van der Waals surface area (Å²) in [6, 6.07) is 11.3. The van der Waals surface area contributed by atoms with Crippen LogP contribution in [-0.2, 0) is 13.1 Å². The van der Waals surface area contributed by atoms with Crippen molar-refractivity contribution in [2.24, 2.45) is 0 Å². The molecule has 2 aromatic rings. The van der Waals surface area contributed by atoms with Crippen LogP contribution in [0.1, 0.15) is 55.0 Å². The molecule has 1 aliphatic rings. The molecular weight excluding hydrogens is 258 g/mol. The third kappa shape index (κ3) is 3.73. The van der Waals surface area contributed by atoms with E-state index < -0.39 is 0 Å². The predicted molar refractivity (Wildman–Crippen MR) is 86.1 cm³/mol. The zero-order valence-corrected chi connectivity index (χ0v) is 12.9. The lowest BCUT2D eigenvalue weighted by atomic mass is 9.96. The average molecular weight is 283 g/mol. The van der Waals surface area contributed by atoms with Crippen molar-refractivity contribution in [2.45, 2.75) is 58.2 Å². The molecule has 0 saturated heterocycles. The van der Waals surface area contributed by atoms with Gasteiger partial charge in [0, 0.05) is 19.3 Å². The molecule has 1 N–H and O–H groups in total. The van der Waals surface area contributed by atoms with Gasteiger partial charge >= 0.3 is 0 Å². The van der Waals surface area contributed by atoms with Gasteiger partial charge in [0.25, 0.3) is 0 Å². The Bertz CT molecular complexity index is 567. The summed E-state index contributed by atoms with van der Waals surface area (Å²) >= 11 is 0. The Labute approximate surface area is 127 Å². The number of benzene rings is 1. The summed E-state index contributed by atoms with van der Waals surface area (Å²) in [5.74, 6) is 0. The van der Waals surface area contributed by atoms with Crippen LogP contribution in [0.4, 0.5) is 0 Å².